The summed E-state index contributed by atoms with van der Waals surface area (Å²) in [5.74, 6) is -2.29. The first-order valence-electron chi connectivity index (χ1n) is 5.39. The van der Waals surface area contributed by atoms with Crippen LogP contribution in [-0.4, -0.2) is 80.8 Å². The molecular formula is C10H16N4O6. The predicted octanol–water partition coefficient (Wildman–Crippen LogP) is -1.15. The summed E-state index contributed by atoms with van der Waals surface area (Å²) in [6, 6.07) is 0. The summed E-state index contributed by atoms with van der Waals surface area (Å²) in [7, 11) is 4.40. The Morgan fingerprint density at radius 1 is 0.550 bits per heavy atom. The van der Waals surface area contributed by atoms with E-state index in [1.54, 1.807) is 0 Å². The van der Waals surface area contributed by atoms with Crippen LogP contribution in [0.3, 0.4) is 0 Å². The van der Waals surface area contributed by atoms with Crippen molar-refractivity contribution >= 4 is 11.6 Å². The molecule has 0 fully saturated rings. The van der Waals surface area contributed by atoms with Gasteiger partial charge in [-0.1, -0.05) is 0 Å². The van der Waals surface area contributed by atoms with Crippen LogP contribution in [0.4, 0.5) is 0 Å². The van der Waals surface area contributed by atoms with Gasteiger partial charge in [0.25, 0.3) is 11.6 Å². The second kappa shape index (κ2) is 5.46. The molecule has 0 saturated carbocycles. The zero-order chi connectivity index (χ0) is 15.8. The van der Waals surface area contributed by atoms with E-state index in [1.807, 2.05) is 0 Å². The normalized spacial score (nSPS) is 15.8. The van der Waals surface area contributed by atoms with Crippen LogP contribution in [0.25, 0.3) is 0 Å². The van der Waals surface area contributed by atoms with Crippen LogP contribution in [0.15, 0.2) is 22.8 Å². The summed E-state index contributed by atoms with van der Waals surface area (Å²) in [5.41, 5.74) is -1.77. The van der Waals surface area contributed by atoms with Gasteiger partial charge in [-0.25, -0.2) is 0 Å². The van der Waals surface area contributed by atoms with Crippen molar-refractivity contribution in [3.05, 3.63) is 22.8 Å². The molecule has 0 spiro atoms. The van der Waals surface area contributed by atoms with Gasteiger partial charge in [-0.2, -0.15) is 0 Å². The monoisotopic (exact) mass is 288 g/mol. The highest BCUT2D eigenvalue weighted by Crippen LogP contribution is 2.30. The summed E-state index contributed by atoms with van der Waals surface area (Å²) >= 11 is 0. The van der Waals surface area contributed by atoms with E-state index in [1.165, 1.54) is 0 Å². The summed E-state index contributed by atoms with van der Waals surface area (Å²) < 4.78 is 0. The molecule has 10 heteroatoms. The smallest absolute Gasteiger partial charge is 0.255 e. The lowest BCUT2D eigenvalue weighted by molar-refractivity contribution is -0.144. The number of rotatable bonds is 4. The van der Waals surface area contributed by atoms with E-state index in [0.717, 1.165) is 28.2 Å². The Hall–Kier alpha value is -2.14. The lowest BCUT2D eigenvalue weighted by Crippen LogP contribution is -2.43. The molecule has 0 bridgehead atoms. The number of hydrogen-bond acceptors (Lipinski definition) is 10. The maximum absolute atomic E-state index is 11.9. The molecule has 1 aliphatic rings. The van der Waals surface area contributed by atoms with Gasteiger partial charge in [-0.3, -0.25) is 50.7 Å². The van der Waals surface area contributed by atoms with E-state index in [0.29, 0.717) is 20.3 Å². The van der Waals surface area contributed by atoms with E-state index in [9.17, 15) is 30.4 Å². The van der Waals surface area contributed by atoms with Crippen molar-refractivity contribution in [2.24, 2.45) is 0 Å². The second-order valence-corrected chi connectivity index (χ2v) is 4.15. The number of carbonyl (C=O) groups is 2. The van der Waals surface area contributed by atoms with Crippen LogP contribution in [0.5, 0.6) is 0 Å². The third kappa shape index (κ3) is 2.44. The van der Waals surface area contributed by atoms with Crippen LogP contribution < -0.4 is 0 Å². The number of ketones is 2. The summed E-state index contributed by atoms with van der Waals surface area (Å²) in [5, 5.41) is 39.8. The third-order valence-electron chi connectivity index (χ3n) is 2.60. The highest BCUT2D eigenvalue weighted by Gasteiger charge is 2.41. The molecule has 112 valence electrons. The van der Waals surface area contributed by atoms with Crippen LogP contribution in [0.2, 0.25) is 0 Å². The van der Waals surface area contributed by atoms with Crippen molar-refractivity contribution in [3.63, 3.8) is 0 Å². The molecule has 0 unspecified atom stereocenters. The first-order chi connectivity index (χ1) is 9.11. The van der Waals surface area contributed by atoms with E-state index in [4.69, 9.17) is 0 Å². The molecule has 0 radical (unpaired) electrons. The standard InChI is InChI=1S/C10H16N4O6/c1-11(17)5-6(12(2)18)8(14(4)20)10(16)9(15)7(5)13(3)19/h17-20H,1-4H3. The third-order valence-corrected chi connectivity index (χ3v) is 2.60. The Kier molecular flexibility index (Phi) is 4.35. The van der Waals surface area contributed by atoms with Gasteiger partial charge in [0.1, 0.15) is 22.8 Å². The molecule has 10 nitrogen and oxygen atoms in total. The molecule has 0 aromatic heterocycles. The Labute approximate surface area is 114 Å². The van der Waals surface area contributed by atoms with Crippen LogP contribution >= 0.6 is 0 Å². The van der Waals surface area contributed by atoms with E-state index < -0.39 is 23.0 Å². The van der Waals surface area contributed by atoms with Crippen LogP contribution in [-0.2, 0) is 9.59 Å². The summed E-state index contributed by atoms with van der Waals surface area (Å²) in [6.07, 6.45) is 0. The zero-order valence-electron chi connectivity index (χ0n) is 11.4. The van der Waals surface area contributed by atoms with Crippen molar-refractivity contribution in [1.29, 1.82) is 0 Å². The number of hydrogen-bond donors (Lipinski definition) is 4. The largest absolute Gasteiger partial charge is 0.289 e. The Bertz CT molecular complexity index is 460. The molecule has 0 saturated heterocycles. The SMILES string of the molecule is CN(O)C1=C(N(C)O)C(N(C)O)=C(N(C)O)C(=O)C1=O. The van der Waals surface area contributed by atoms with E-state index in [2.05, 4.69) is 0 Å². The number of hydroxylamine groups is 8. The van der Waals surface area contributed by atoms with E-state index >= 15 is 0 Å². The van der Waals surface area contributed by atoms with Gasteiger partial charge in [0.15, 0.2) is 0 Å². The van der Waals surface area contributed by atoms with Crippen molar-refractivity contribution in [1.82, 2.24) is 20.3 Å². The predicted molar refractivity (Wildman–Crippen MR) is 62.3 cm³/mol. The second-order valence-electron chi connectivity index (χ2n) is 4.15. The van der Waals surface area contributed by atoms with Crippen molar-refractivity contribution in [3.8, 4) is 0 Å². The van der Waals surface area contributed by atoms with Gasteiger partial charge in [-0.15, -0.1) is 0 Å². The van der Waals surface area contributed by atoms with Crippen molar-refractivity contribution in [2.75, 3.05) is 28.2 Å². The van der Waals surface area contributed by atoms with Crippen molar-refractivity contribution in [2.45, 2.75) is 0 Å². The first kappa shape index (κ1) is 15.9. The Morgan fingerprint density at radius 3 is 0.900 bits per heavy atom. The fourth-order valence-electron chi connectivity index (χ4n) is 1.87. The quantitative estimate of drug-likeness (QED) is 0.286. The first-order valence-corrected chi connectivity index (χ1v) is 5.39. The average Bonchev–Trinajstić information content (AvgIpc) is 2.29. The van der Waals surface area contributed by atoms with Crippen LogP contribution in [0, 0.1) is 0 Å². The van der Waals surface area contributed by atoms with E-state index in [-0.39, 0.29) is 11.4 Å². The molecule has 1 aliphatic carbocycles. The van der Waals surface area contributed by atoms with Gasteiger partial charge in [0, 0.05) is 28.2 Å². The van der Waals surface area contributed by atoms with Crippen LogP contribution in [0.1, 0.15) is 0 Å². The zero-order valence-corrected chi connectivity index (χ0v) is 11.4. The number of likely N-dealkylation sites (N-methyl/N-ethyl adjacent to an activating group) is 4. The minimum Gasteiger partial charge on any atom is -0.289 e. The molecule has 20 heavy (non-hydrogen) atoms. The highest BCUT2D eigenvalue weighted by atomic mass is 16.5. The summed E-state index contributed by atoms with van der Waals surface area (Å²) in [4.78, 5) is 23.9. The number of allylic oxidation sites excluding steroid dienone is 2. The molecular weight excluding hydrogens is 272 g/mol. The maximum atomic E-state index is 11.9. The molecule has 0 aromatic rings. The molecule has 0 amide bonds. The molecule has 0 aromatic carbocycles. The minimum atomic E-state index is -1.15. The highest BCUT2D eigenvalue weighted by molar-refractivity contribution is 6.49. The maximum Gasteiger partial charge on any atom is 0.255 e. The molecule has 1 rings (SSSR count). The topological polar surface area (TPSA) is 128 Å². The summed E-state index contributed by atoms with van der Waals surface area (Å²) in [6.45, 7) is 0. The van der Waals surface area contributed by atoms with Gasteiger partial charge in [0.2, 0.25) is 0 Å². The molecule has 0 atom stereocenters. The number of Topliss-reactive ketones (excluding diaryl/α,β-unsaturated/α-hetero) is 2. The Balaban J connectivity index is 3.77. The van der Waals surface area contributed by atoms with Gasteiger partial charge >= 0.3 is 0 Å². The molecule has 0 heterocycles. The fraction of sp³-hybridized carbons (Fsp3) is 0.400. The fourth-order valence-corrected chi connectivity index (χ4v) is 1.87. The van der Waals surface area contributed by atoms with Crippen molar-refractivity contribution < 1.29 is 30.4 Å². The Morgan fingerprint density at radius 2 is 0.750 bits per heavy atom. The lowest BCUT2D eigenvalue weighted by Gasteiger charge is -2.33. The molecule has 4 N–H and O–H groups in total. The van der Waals surface area contributed by atoms with Gasteiger partial charge in [-0.05, 0) is 0 Å². The number of carbonyl (C=O) groups excluding carboxylic acids is 2. The van der Waals surface area contributed by atoms with Gasteiger partial charge in [0.05, 0.1) is 0 Å². The van der Waals surface area contributed by atoms with Gasteiger partial charge < -0.3 is 0 Å². The lowest BCUT2D eigenvalue weighted by atomic mass is 9.98. The average molecular weight is 288 g/mol. The molecule has 0 aliphatic heterocycles. The number of nitrogens with zero attached hydrogens (tertiary/aromatic N) is 4. The minimum absolute atomic E-state index is 0.347.